The Morgan fingerprint density at radius 3 is 3.36 bits per heavy atom. The molecule has 0 spiro atoms. The van der Waals surface area contributed by atoms with Crippen molar-refractivity contribution >= 4 is 6.21 Å². The topological polar surface area (TPSA) is 38.4 Å². The van der Waals surface area contributed by atoms with Gasteiger partial charge in [0.1, 0.15) is 0 Å². The summed E-state index contributed by atoms with van der Waals surface area (Å²) in [7, 11) is 0. The van der Waals surface area contributed by atoms with Crippen LogP contribution in [0.5, 0.6) is 0 Å². The van der Waals surface area contributed by atoms with Gasteiger partial charge in [0.15, 0.2) is 0 Å². The van der Waals surface area contributed by atoms with Crippen LogP contribution in [0.4, 0.5) is 0 Å². The molecule has 0 aromatic rings. The van der Waals surface area contributed by atoms with E-state index in [9.17, 15) is 0 Å². The average Bonchev–Trinajstić information content (AvgIpc) is 2.04. The third-order valence-electron chi connectivity index (χ3n) is 1.99. The Balaban J connectivity index is 2.33. The SMILES string of the molecule is NC1=CCC2C=NC=CC2=C1. The molecule has 1 heterocycles. The summed E-state index contributed by atoms with van der Waals surface area (Å²) in [6, 6.07) is 0. The van der Waals surface area contributed by atoms with E-state index in [1.165, 1.54) is 5.57 Å². The molecule has 1 aliphatic heterocycles. The Morgan fingerprint density at radius 2 is 2.45 bits per heavy atom. The van der Waals surface area contributed by atoms with Crippen LogP contribution >= 0.6 is 0 Å². The molecule has 2 nitrogen and oxygen atoms in total. The van der Waals surface area contributed by atoms with Gasteiger partial charge < -0.3 is 5.73 Å². The van der Waals surface area contributed by atoms with E-state index in [4.69, 9.17) is 5.73 Å². The van der Waals surface area contributed by atoms with Crippen molar-refractivity contribution in [2.24, 2.45) is 16.6 Å². The van der Waals surface area contributed by atoms with Crippen molar-refractivity contribution < 1.29 is 0 Å². The first kappa shape index (κ1) is 6.40. The smallest absolute Gasteiger partial charge is 0.0276 e. The number of nitrogens with two attached hydrogens (primary N) is 1. The number of fused-ring (bicyclic) bond motifs is 1. The van der Waals surface area contributed by atoms with E-state index in [0.717, 1.165) is 12.1 Å². The van der Waals surface area contributed by atoms with Gasteiger partial charge in [0.05, 0.1) is 0 Å². The highest BCUT2D eigenvalue weighted by atomic mass is 14.7. The second-order valence-corrected chi connectivity index (χ2v) is 2.80. The zero-order valence-electron chi connectivity index (χ0n) is 6.20. The molecule has 2 aliphatic rings. The van der Waals surface area contributed by atoms with Crippen molar-refractivity contribution in [1.29, 1.82) is 0 Å². The third kappa shape index (κ3) is 1.11. The Hall–Kier alpha value is -1.31. The van der Waals surface area contributed by atoms with Crippen molar-refractivity contribution in [1.82, 2.24) is 0 Å². The molecule has 1 atom stereocenters. The van der Waals surface area contributed by atoms with Gasteiger partial charge in [0.25, 0.3) is 0 Å². The molecule has 0 aromatic heterocycles. The summed E-state index contributed by atoms with van der Waals surface area (Å²) in [4.78, 5) is 4.07. The molecule has 56 valence electrons. The number of allylic oxidation sites excluding steroid dienone is 4. The zero-order valence-corrected chi connectivity index (χ0v) is 6.20. The molecule has 0 amide bonds. The van der Waals surface area contributed by atoms with Crippen molar-refractivity contribution in [3.05, 3.63) is 35.7 Å². The fourth-order valence-corrected chi connectivity index (χ4v) is 1.36. The minimum Gasteiger partial charge on any atom is -0.399 e. The first-order valence-corrected chi connectivity index (χ1v) is 3.73. The second-order valence-electron chi connectivity index (χ2n) is 2.80. The van der Waals surface area contributed by atoms with Crippen LogP contribution in [-0.2, 0) is 0 Å². The van der Waals surface area contributed by atoms with Gasteiger partial charge in [-0.25, -0.2) is 0 Å². The van der Waals surface area contributed by atoms with Gasteiger partial charge in [0, 0.05) is 24.0 Å². The van der Waals surface area contributed by atoms with Gasteiger partial charge in [-0.2, -0.15) is 0 Å². The quantitative estimate of drug-likeness (QED) is 0.550. The second kappa shape index (κ2) is 2.38. The molecule has 0 bridgehead atoms. The summed E-state index contributed by atoms with van der Waals surface area (Å²) in [6.45, 7) is 0. The Kier molecular flexibility index (Phi) is 1.39. The molecule has 0 fully saturated rings. The van der Waals surface area contributed by atoms with Gasteiger partial charge in [-0.05, 0) is 24.1 Å². The molecule has 1 unspecified atom stereocenters. The molecule has 2 heteroatoms. The molecule has 0 saturated carbocycles. The fraction of sp³-hybridized carbons (Fsp3) is 0.222. The molecule has 0 radical (unpaired) electrons. The predicted octanol–water partition coefficient (Wildman–Crippen LogP) is 1.37. The summed E-state index contributed by atoms with van der Waals surface area (Å²) in [5.74, 6) is 0.465. The first-order valence-electron chi connectivity index (χ1n) is 3.73. The zero-order chi connectivity index (χ0) is 7.68. The van der Waals surface area contributed by atoms with Crippen LogP contribution in [0.2, 0.25) is 0 Å². The number of nitrogens with zero attached hydrogens (tertiary/aromatic N) is 1. The van der Waals surface area contributed by atoms with Gasteiger partial charge in [-0.1, -0.05) is 6.08 Å². The monoisotopic (exact) mass is 146 g/mol. The highest BCUT2D eigenvalue weighted by Crippen LogP contribution is 2.23. The summed E-state index contributed by atoms with van der Waals surface area (Å²) in [6.07, 6.45) is 10.8. The van der Waals surface area contributed by atoms with E-state index in [1.807, 2.05) is 24.4 Å². The molecule has 2 rings (SSSR count). The molecule has 0 saturated heterocycles. The summed E-state index contributed by atoms with van der Waals surface area (Å²) in [5.41, 5.74) is 7.80. The highest BCUT2D eigenvalue weighted by Gasteiger charge is 2.14. The Morgan fingerprint density at radius 1 is 1.55 bits per heavy atom. The minimum absolute atomic E-state index is 0.465. The van der Waals surface area contributed by atoms with E-state index < -0.39 is 0 Å². The molecule has 11 heavy (non-hydrogen) atoms. The molecule has 0 aromatic carbocycles. The minimum atomic E-state index is 0.465. The summed E-state index contributed by atoms with van der Waals surface area (Å²) >= 11 is 0. The van der Waals surface area contributed by atoms with Crippen LogP contribution in [0.25, 0.3) is 0 Å². The first-order chi connectivity index (χ1) is 5.36. The third-order valence-corrected chi connectivity index (χ3v) is 1.99. The van der Waals surface area contributed by atoms with Crippen LogP contribution in [0, 0.1) is 5.92 Å². The Labute approximate surface area is 65.8 Å². The van der Waals surface area contributed by atoms with E-state index in [2.05, 4.69) is 4.99 Å². The van der Waals surface area contributed by atoms with Crippen LogP contribution in [0.15, 0.2) is 40.7 Å². The van der Waals surface area contributed by atoms with E-state index in [1.54, 1.807) is 6.20 Å². The maximum absolute atomic E-state index is 5.65. The number of rotatable bonds is 0. The van der Waals surface area contributed by atoms with Crippen molar-refractivity contribution in [2.75, 3.05) is 0 Å². The number of hydrogen-bond donors (Lipinski definition) is 1. The summed E-state index contributed by atoms with van der Waals surface area (Å²) in [5, 5.41) is 0. The van der Waals surface area contributed by atoms with Crippen molar-refractivity contribution in [3.63, 3.8) is 0 Å². The lowest BCUT2D eigenvalue weighted by atomic mass is 9.90. The van der Waals surface area contributed by atoms with E-state index >= 15 is 0 Å². The lowest BCUT2D eigenvalue weighted by molar-refractivity contribution is 0.827. The largest absolute Gasteiger partial charge is 0.399 e. The Bertz CT molecular complexity index is 282. The molecule has 1 aliphatic carbocycles. The maximum Gasteiger partial charge on any atom is 0.0276 e. The van der Waals surface area contributed by atoms with Gasteiger partial charge >= 0.3 is 0 Å². The van der Waals surface area contributed by atoms with Crippen molar-refractivity contribution in [3.8, 4) is 0 Å². The lowest BCUT2D eigenvalue weighted by Crippen LogP contribution is -2.12. The predicted molar refractivity (Wildman–Crippen MR) is 46.1 cm³/mol. The highest BCUT2D eigenvalue weighted by molar-refractivity contribution is 5.70. The van der Waals surface area contributed by atoms with E-state index in [-0.39, 0.29) is 0 Å². The van der Waals surface area contributed by atoms with Crippen LogP contribution < -0.4 is 5.73 Å². The molecule has 2 N–H and O–H groups in total. The summed E-state index contributed by atoms with van der Waals surface area (Å²) < 4.78 is 0. The van der Waals surface area contributed by atoms with Crippen LogP contribution in [0.1, 0.15) is 6.42 Å². The number of aliphatic imine (C=N–C) groups is 1. The fourth-order valence-electron chi connectivity index (χ4n) is 1.36. The maximum atomic E-state index is 5.65. The van der Waals surface area contributed by atoms with Gasteiger partial charge in [-0.15, -0.1) is 0 Å². The lowest BCUT2D eigenvalue weighted by Gasteiger charge is -2.18. The average molecular weight is 146 g/mol. The normalized spacial score (nSPS) is 27.5. The van der Waals surface area contributed by atoms with Gasteiger partial charge in [0.2, 0.25) is 0 Å². The van der Waals surface area contributed by atoms with Crippen LogP contribution in [-0.4, -0.2) is 6.21 Å². The van der Waals surface area contributed by atoms with E-state index in [0.29, 0.717) is 5.92 Å². The van der Waals surface area contributed by atoms with Gasteiger partial charge in [-0.3, -0.25) is 4.99 Å². The standard InChI is InChI=1S/C9H10N2/c10-9-2-1-8-6-11-4-3-7(8)5-9/h2-6,8H,1,10H2. The number of hydrogen-bond acceptors (Lipinski definition) is 2. The van der Waals surface area contributed by atoms with Crippen LogP contribution in [0.3, 0.4) is 0 Å². The molecular weight excluding hydrogens is 136 g/mol. The molecular formula is C9H10N2. The van der Waals surface area contributed by atoms with Crippen molar-refractivity contribution in [2.45, 2.75) is 6.42 Å².